The summed E-state index contributed by atoms with van der Waals surface area (Å²) in [5, 5.41) is 2.42. The summed E-state index contributed by atoms with van der Waals surface area (Å²) >= 11 is 0. The first-order valence-electron chi connectivity index (χ1n) is 9.23. The average Bonchev–Trinajstić information content (AvgIpc) is 2.82. The highest BCUT2D eigenvalue weighted by Crippen LogP contribution is 2.38. The molecule has 1 fully saturated rings. The zero-order chi connectivity index (χ0) is 18.5. The van der Waals surface area contributed by atoms with Gasteiger partial charge in [0.15, 0.2) is 0 Å². The number of hydrogen-bond acceptors (Lipinski definition) is 2. The molecule has 0 bridgehead atoms. The molecule has 0 radical (unpaired) electrons. The molecule has 0 saturated carbocycles. The van der Waals surface area contributed by atoms with Crippen molar-refractivity contribution in [3.8, 4) is 11.1 Å². The third kappa shape index (κ3) is 2.67. The van der Waals surface area contributed by atoms with E-state index in [-0.39, 0.29) is 18.3 Å². The van der Waals surface area contributed by atoms with E-state index in [1.165, 1.54) is 27.5 Å². The fourth-order valence-corrected chi connectivity index (χ4v) is 3.61. The summed E-state index contributed by atoms with van der Waals surface area (Å²) in [5.74, 6) is 0. The molecule has 2 nitrogen and oxygen atoms in total. The summed E-state index contributed by atoms with van der Waals surface area (Å²) in [6.45, 7) is 10.5. The molecule has 26 heavy (non-hydrogen) atoms. The van der Waals surface area contributed by atoms with Crippen LogP contribution in [0.15, 0.2) is 60.7 Å². The van der Waals surface area contributed by atoms with Gasteiger partial charge in [-0.05, 0) is 67.5 Å². The molecule has 3 heteroatoms. The first kappa shape index (κ1) is 17.3. The molecule has 1 heterocycles. The lowest BCUT2D eigenvalue weighted by molar-refractivity contribution is 0.00578. The predicted molar refractivity (Wildman–Crippen MR) is 110 cm³/mol. The van der Waals surface area contributed by atoms with Gasteiger partial charge in [-0.25, -0.2) is 0 Å². The second-order valence-electron chi connectivity index (χ2n) is 8.15. The Morgan fingerprint density at radius 3 is 1.88 bits per heavy atom. The lowest BCUT2D eigenvalue weighted by atomic mass is 9.75. The molecule has 1 aliphatic heterocycles. The lowest BCUT2D eigenvalue weighted by Gasteiger charge is -2.32. The van der Waals surface area contributed by atoms with E-state index in [1.807, 2.05) is 0 Å². The Morgan fingerprint density at radius 2 is 1.23 bits per heavy atom. The Bertz CT molecular complexity index is 959. The number of fused-ring (bicyclic) bond motifs is 1. The molecule has 1 aliphatic rings. The number of aryl methyl sites for hydroxylation is 1. The fraction of sp³-hybridized carbons (Fsp3) is 0.304. The quantitative estimate of drug-likeness (QED) is 0.601. The third-order valence-corrected chi connectivity index (χ3v) is 5.90. The van der Waals surface area contributed by atoms with Crippen molar-refractivity contribution in [3.05, 3.63) is 66.2 Å². The van der Waals surface area contributed by atoms with E-state index in [1.54, 1.807) is 0 Å². The highest BCUT2D eigenvalue weighted by Gasteiger charge is 2.52. The maximum atomic E-state index is 6.31. The van der Waals surface area contributed by atoms with Gasteiger partial charge in [-0.3, -0.25) is 0 Å². The van der Waals surface area contributed by atoms with E-state index in [9.17, 15) is 0 Å². The SMILES string of the molecule is Cc1ccccc1-c1ccc(B2OC(C)(C)C(C)(C)O2)c2ccccc12. The van der Waals surface area contributed by atoms with Gasteiger partial charge < -0.3 is 9.31 Å². The van der Waals surface area contributed by atoms with Crippen LogP contribution >= 0.6 is 0 Å². The summed E-state index contributed by atoms with van der Waals surface area (Å²) in [5.41, 5.74) is 4.21. The summed E-state index contributed by atoms with van der Waals surface area (Å²) in [6.07, 6.45) is 0. The normalized spacial score (nSPS) is 18.4. The number of benzene rings is 3. The van der Waals surface area contributed by atoms with E-state index in [0.717, 1.165) is 5.46 Å². The van der Waals surface area contributed by atoms with Gasteiger partial charge in [0.1, 0.15) is 0 Å². The van der Waals surface area contributed by atoms with Gasteiger partial charge in [-0.15, -0.1) is 0 Å². The number of hydrogen-bond donors (Lipinski definition) is 0. The number of rotatable bonds is 2. The van der Waals surface area contributed by atoms with Crippen LogP contribution in [0.2, 0.25) is 0 Å². The molecule has 0 aromatic heterocycles. The fourth-order valence-electron chi connectivity index (χ4n) is 3.61. The second kappa shape index (κ2) is 5.97. The Kier molecular flexibility index (Phi) is 3.98. The molecular weight excluding hydrogens is 319 g/mol. The van der Waals surface area contributed by atoms with Crippen LogP contribution in [0.1, 0.15) is 33.3 Å². The van der Waals surface area contributed by atoms with Crippen LogP contribution in [0.3, 0.4) is 0 Å². The lowest BCUT2D eigenvalue weighted by Crippen LogP contribution is -2.41. The molecule has 132 valence electrons. The van der Waals surface area contributed by atoms with Gasteiger partial charge in [-0.2, -0.15) is 0 Å². The van der Waals surface area contributed by atoms with Crippen LogP contribution < -0.4 is 5.46 Å². The van der Waals surface area contributed by atoms with E-state index in [0.29, 0.717) is 0 Å². The van der Waals surface area contributed by atoms with Crippen LogP contribution in [0, 0.1) is 6.92 Å². The van der Waals surface area contributed by atoms with Crippen molar-refractivity contribution in [2.75, 3.05) is 0 Å². The maximum absolute atomic E-state index is 6.31. The van der Waals surface area contributed by atoms with Gasteiger partial charge >= 0.3 is 7.12 Å². The molecule has 0 atom stereocenters. The highest BCUT2D eigenvalue weighted by molar-refractivity contribution is 6.65. The Hall–Kier alpha value is -2.10. The van der Waals surface area contributed by atoms with Crippen LogP contribution in [0.5, 0.6) is 0 Å². The smallest absolute Gasteiger partial charge is 0.399 e. The van der Waals surface area contributed by atoms with Gasteiger partial charge in [0.25, 0.3) is 0 Å². The molecule has 3 aromatic rings. The van der Waals surface area contributed by atoms with E-state index >= 15 is 0 Å². The molecule has 0 amide bonds. The average molecular weight is 344 g/mol. The van der Waals surface area contributed by atoms with Gasteiger partial charge in [0.2, 0.25) is 0 Å². The minimum Gasteiger partial charge on any atom is -0.399 e. The van der Waals surface area contributed by atoms with Crippen LogP contribution in [-0.2, 0) is 9.31 Å². The zero-order valence-electron chi connectivity index (χ0n) is 16.2. The minimum absolute atomic E-state index is 0.340. The standard InChI is InChI=1S/C23H25BO2/c1-16-10-6-7-11-17(16)19-14-15-21(20-13-9-8-12-18(19)20)24-25-22(2,3)23(4,5)26-24/h6-15H,1-5H3. The summed E-state index contributed by atoms with van der Waals surface area (Å²) in [6, 6.07) is 21.4. The molecule has 0 spiro atoms. The molecular formula is C23H25BO2. The van der Waals surface area contributed by atoms with Crippen molar-refractivity contribution in [2.45, 2.75) is 45.8 Å². The first-order valence-corrected chi connectivity index (χ1v) is 9.23. The van der Waals surface area contributed by atoms with Crippen LogP contribution in [0.25, 0.3) is 21.9 Å². The predicted octanol–water partition coefficient (Wildman–Crippen LogP) is 5.11. The molecule has 4 rings (SSSR count). The van der Waals surface area contributed by atoms with Crippen molar-refractivity contribution >= 4 is 23.4 Å². The zero-order valence-corrected chi connectivity index (χ0v) is 16.2. The maximum Gasteiger partial charge on any atom is 0.495 e. The van der Waals surface area contributed by atoms with Crippen molar-refractivity contribution in [1.82, 2.24) is 0 Å². The van der Waals surface area contributed by atoms with Gasteiger partial charge in [-0.1, -0.05) is 60.7 Å². The Morgan fingerprint density at radius 1 is 0.654 bits per heavy atom. The largest absolute Gasteiger partial charge is 0.495 e. The third-order valence-electron chi connectivity index (χ3n) is 5.90. The van der Waals surface area contributed by atoms with Crippen LogP contribution in [0.4, 0.5) is 0 Å². The molecule has 0 unspecified atom stereocenters. The molecule has 0 aliphatic carbocycles. The highest BCUT2D eigenvalue weighted by atomic mass is 16.7. The Labute approximate surface area is 156 Å². The summed E-state index contributed by atoms with van der Waals surface area (Å²) in [7, 11) is -0.351. The first-order chi connectivity index (χ1) is 12.3. The Balaban J connectivity index is 1.88. The van der Waals surface area contributed by atoms with Crippen LogP contribution in [-0.4, -0.2) is 18.3 Å². The molecule has 0 N–H and O–H groups in total. The molecule has 3 aromatic carbocycles. The van der Waals surface area contributed by atoms with Crippen molar-refractivity contribution in [2.24, 2.45) is 0 Å². The minimum atomic E-state index is -0.351. The monoisotopic (exact) mass is 344 g/mol. The summed E-state index contributed by atoms with van der Waals surface area (Å²) < 4.78 is 12.6. The van der Waals surface area contributed by atoms with Gasteiger partial charge in [0, 0.05) is 0 Å². The van der Waals surface area contributed by atoms with E-state index in [2.05, 4.69) is 95.3 Å². The molecule has 1 saturated heterocycles. The topological polar surface area (TPSA) is 18.5 Å². The van der Waals surface area contributed by atoms with Crippen molar-refractivity contribution in [3.63, 3.8) is 0 Å². The summed E-state index contributed by atoms with van der Waals surface area (Å²) in [4.78, 5) is 0. The van der Waals surface area contributed by atoms with E-state index < -0.39 is 0 Å². The van der Waals surface area contributed by atoms with Crippen molar-refractivity contribution < 1.29 is 9.31 Å². The van der Waals surface area contributed by atoms with E-state index in [4.69, 9.17) is 9.31 Å². The van der Waals surface area contributed by atoms with Gasteiger partial charge in [0.05, 0.1) is 11.2 Å². The second-order valence-corrected chi connectivity index (χ2v) is 8.15. The van der Waals surface area contributed by atoms with Crippen molar-refractivity contribution in [1.29, 1.82) is 0 Å².